The monoisotopic (exact) mass is 448 g/mol. The number of nitrogens with zero attached hydrogens (tertiary/aromatic N) is 6. The van der Waals surface area contributed by atoms with E-state index in [1.807, 2.05) is 55.8 Å². The molecule has 8 nitrogen and oxygen atoms in total. The van der Waals surface area contributed by atoms with Crippen molar-refractivity contribution in [2.45, 2.75) is 31.8 Å². The van der Waals surface area contributed by atoms with E-state index in [1.54, 1.807) is 14.2 Å². The first kappa shape index (κ1) is 23.1. The lowest BCUT2D eigenvalue weighted by atomic mass is 9.99. The molecule has 0 unspecified atom stereocenters. The second kappa shape index (κ2) is 10.7. The van der Waals surface area contributed by atoms with Gasteiger partial charge < -0.3 is 14.4 Å². The molecule has 1 atom stereocenters. The second-order valence-electron chi connectivity index (χ2n) is 8.47. The molecule has 1 aliphatic heterocycles. The average Bonchev–Trinajstić information content (AvgIpc) is 3.31. The first-order chi connectivity index (χ1) is 16.1. The molecule has 1 fully saturated rings. The molecule has 0 spiro atoms. The van der Waals surface area contributed by atoms with E-state index in [0.717, 1.165) is 66.3 Å². The van der Waals surface area contributed by atoms with Gasteiger partial charge in [0.25, 0.3) is 0 Å². The van der Waals surface area contributed by atoms with Crippen LogP contribution in [0.1, 0.15) is 36.0 Å². The van der Waals surface area contributed by atoms with Crippen LogP contribution in [0.3, 0.4) is 0 Å². The Bertz CT molecular complexity index is 1060. The molecule has 8 heteroatoms. The van der Waals surface area contributed by atoms with Crippen molar-refractivity contribution in [1.29, 1.82) is 0 Å². The molecule has 0 N–H and O–H groups in total. The third-order valence-corrected chi connectivity index (χ3v) is 5.94. The summed E-state index contributed by atoms with van der Waals surface area (Å²) in [4.78, 5) is 23.1. The number of benzene rings is 1. The van der Waals surface area contributed by atoms with E-state index in [2.05, 4.69) is 25.9 Å². The molecule has 0 saturated carbocycles. The molecule has 2 aromatic heterocycles. The van der Waals surface area contributed by atoms with Crippen molar-refractivity contribution in [3.63, 3.8) is 0 Å². The predicted molar refractivity (Wildman–Crippen MR) is 128 cm³/mol. The Labute approximate surface area is 195 Å². The summed E-state index contributed by atoms with van der Waals surface area (Å²) < 4.78 is 10.6. The van der Waals surface area contributed by atoms with Crippen molar-refractivity contribution < 1.29 is 9.47 Å². The summed E-state index contributed by atoms with van der Waals surface area (Å²) in [6, 6.07) is 8.29. The Morgan fingerprint density at radius 1 is 1.09 bits per heavy atom. The van der Waals surface area contributed by atoms with Gasteiger partial charge in [0.1, 0.15) is 11.6 Å². The zero-order valence-corrected chi connectivity index (χ0v) is 19.9. The van der Waals surface area contributed by atoms with E-state index in [1.165, 1.54) is 0 Å². The summed E-state index contributed by atoms with van der Waals surface area (Å²) >= 11 is 0. The van der Waals surface area contributed by atoms with Gasteiger partial charge in [0.05, 0.1) is 25.5 Å². The van der Waals surface area contributed by atoms with E-state index < -0.39 is 0 Å². The Morgan fingerprint density at radius 3 is 2.64 bits per heavy atom. The van der Waals surface area contributed by atoms with Gasteiger partial charge in [-0.2, -0.15) is 0 Å². The van der Waals surface area contributed by atoms with Crippen LogP contribution >= 0.6 is 0 Å². The van der Waals surface area contributed by atoms with Crippen molar-refractivity contribution in [3.05, 3.63) is 59.9 Å². The van der Waals surface area contributed by atoms with Crippen LogP contribution in [-0.2, 0) is 17.7 Å². The Balaban J connectivity index is 1.63. The number of likely N-dealkylation sites (tertiary alicyclic amines) is 1. The number of methoxy groups -OCH3 is 2. The van der Waals surface area contributed by atoms with Gasteiger partial charge in [0, 0.05) is 63.9 Å². The van der Waals surface area contributed by atoms with Crippen molar-refractivity contribution >= 4 is 5.95 Å². The number of hydrogen-bond acceptors (Lipinski definition) is 8. The summed E-state index contributed by atoms with van der Waals surface area (Å²) in [6.45, 7) is 2.42. The van der Waals surface area contributed by atoms with Gasteiger partial charge in [0.2, 0.25) is 5.95 Å². The van der Waals surface area contributed by atoms with E-state index in [4.69, 9.17) is 14.5 Å². The quantitative estimate of drug-likeness (QED) is 0.492. The molecule has 0 amide bonds. The molecule has 0 radical (unpaired) electrons. The van der Waals surface area contributed by atoms with E-state index in [0.29, 0.717) is 12.6 Å². The van der Waals surface area contributed by atoms with Crippen LogP contribution in [0.4, 0.5) is 5.95 Å². The normalized spacial score (nSPS) is 16.2. The number of rotatable bonds is 9. The molecule has 1 aliphatic rings. The summed E-state index contributed by atoms with van der Waals surface area (Å²) in [7, 11) is 7.32. The maximum absolute atomic E-state index is 5.46. The van der Waals surface area contributed by atoms with Crippen LogP contribution in [0.25, 0.3) is 11.1 Å². The Morgan fingerprint density at radius 2 is 1.91 bits per heavy atom. The van der Waals surface area contributed by atoms with Crippen molar-refractivity contribution in [3.8, 4) is 16.9 Å². The van der Waals surface area contributed by atoms with Crippen LogP contribution in [0.5, 0.6) is 5.75 Å². The summed E-state index contributed by atoms with van der Waals surface area (Å²) in [6.07, 6.45) is 8.70. The molecule has 0 aliphatic carbocycles. The highest BCUT2D eigenvalue weighted by atomic mass is 16.5. The summed E-state index contributed by atoms with van der Waals surface area (Å²) in [5.41, 5.74) is 4.26. The van der Waals surface area contributed by atoms with Crippen LogP contribution in [0.15, 0.2) is 42.9 Å². The van der Waals surface area contributed by atoms with Crippen LogP contribution in [-0.4, -0.2) is 66.3 Å². The van der Waals surface area contributed by atoms with Crippen LogP contribution in [0, 0.1) is 0 Å². The maximum Gasteiger partial charge on any atom is 0.225 e. The van der Waals surface area contributed by atoms with Gasteiger partial charge in [-0.1, -0.05) is 12.1 Å². The summed E-state index contributed by atoms with van der Waals surface area (Å²) in [5, 5.41) is 0. The van der Waals surface area contributed by atoms with Crippen LogP contribution in [0.2, 0.25) is 0 Å². The van der Waals surface area contributed by atoms with E-state index in [9.17, 15) is 0 Å². The zero-order valence-electron chi connectivity index (χ0n) is 19.9. The summed E-state index contributed by atoms with van der Waals surface area (Å²) in [5.74, 6) is 2.35. The fourth-order valence-electron chi connectivity index (χ4n) is 4.21. The second-order valence-corrected chi connectivity index (χ2v) is 8.47. The van der Waals surface area contributed by atoms with Gasteiger partial charge in [-0.15, -0.1) is 0 Å². The smallest absolute Gasteiger partial charge is 0.225 e. The highest BCUT2D eigenvalue weighted by Gasteiger charge is 2.30. The molecular formula is C25H32N6O2. The molecule has 3 aromatic rings. The molecule has 1 aromatic carbocycles. The fraction of sp³-hybridized carbons (Fsp3) is 0.440. The highest BCUT2D eigenvalue weighted by molar-refractivity contribution is 5.68. The lowest BCUT2D eigenvalue weighted by Crippen LogP contribution is -2.25. The lowest BCUT2D eigenvalue weighted by Gasteiger charge is -2.26. The number of ether oxygens (including phenoxy) is 2. The van der Waals surface area contributed by atoms with Gasteiger partial charge in [0.15, 0.2) is 0 Å². The number of hydrogen-bond donors (Lipinski definition) is 0. The molecule has 0 bridgehead atoms. The van der Waals surface area contributed by atoms with Crippen molar-refractivity contribution in [1.82, 2.24) is 24.8 Å². The van der Waals surface area contributed by atoms with Gasteiger partial charge in [-0.3, -0.25) is 4.90 Å². The first-order valence-electron chi connectivity index (χ1n) is 11.3. The van der Waals surface area contributed by atoms with Crippen molar-refractivity contribution in [2.24, 2.45) is 0 Å². The number of anilines is 1. The van der Waals surface area contributed by atoms with Crippen LogP contribution < -0.4 is 9.64 Å². The average molecular weight is 449 g/mol. The standard InChI is InChI=1S/C25H32N6O2/c1-30(2)25-28-16-21(19-7-5-8-20(13-19)33-4)24(29-25)22-9-6-11-31(22)17-18-14-26-23(27-15-18)10-12-32-3/h5,7-8,13-16,22H,6,9-12,17H2,1-4H3/t22-/m0/s1. The molecule has 1 saturated heterocycles. The van der Waals surface area contributed by atoms with Gasteiger partial charge in [-0.05, 0) is 37.1 Å². The third kappa shape index (κ3) is 5.46. The lowest BCUT2D eigenvalue weighted by molar-refractivity contribution is 0.200. The minimum atomic E-state index is 0.195. The number of aromatic nitrogens is 4. The first-order valence-corrected chi connectivity index (χ1v) is 11.3. The minimum absolute atomic E-state index is 0.195. The molecular weight excluding hydrogens is 416 g/mol. The van der Waals surface area contributed by atoms with E-state index >= 15 is 0 Å². The van der Waals surface area contributed by atoms with Gasteiger partial charge in [-0.25, -0.2) is 19.9 Å². The minimum Gasteiger partial charge on any atom is -0.497 e. The highest BCUT2D eigenvalue weighted by Crippen LogP contribution is 2.38. The fourth-order valence-corrected chi connectivity index (χ4v) is 4.21. The molecule has 3 heterocycles. The SMILES string of the molecule is COCCc1ncc(CN2CCC[C@H]2c2nc(N(C)C)ncc2-c2cccc(OC)c2)cn1. The topological polar surface area (TPSA) is 76.5 Å². The van der Waals surface area contributed by atoms with E-state index in [-0.39, 0.29) is 6.04 Å². The Hall–Kier alpha value is -3.10. The third-order valence-electron chi connectivity index (χ3n) is 5.94. The molecule has 4 rings (SSSR count). The van der Waals surface area contributed by atoms with Gasteiger partial charge >= 0.3 is 0 Å². The van der Waals surface area contributed by atoms with Crippen molar-refractivity contribution in [2.75, 3.05) is 46.4 Å². The predicted octanol–water partition coefficient (Wildman–Crippen LogP) is 3.53. The maximum atomic E-state index is 5.46. The Kier molecular flexibility index (Phi) is 7.47. The largest absolute Gasteiger partial charge is 0.497 e. The molecule has 33 heavy (non-hydrogen) atoms. The zero-order chi connectivity index (χ0) is 23.2. The molecule has 174 valence electrons.